The molecular weight excluding hydrogens is 461 g/mol. The summed E-state index contributed by atoms with van der Waals surface area (Å²) >= 11 is 3.26. The summed E-state index contributed by atoms with van der Waals surface area (Å²) in [6.07, 6.45) is 0. The smallest absolute Gasteiger partial charge is 0.193 e. The third-order valence-electron chi connectivity index (χ3n) is 2.81. The summed E-state index contributed by atoms with van der Waals surface area (Å²) in [5.41, 5.74) is 7.62. The summed E-state index contributed by atoms with van der Waals surface area (Å²) < 4.78 is 5.72. The summed E-state index contributed by atoms with van der Waals surface area (Å²) in [7, 11) is 1.62. The maximum Gasteiger partial charge on any atom is 0.193 e. The Kier molecular flexibility index (Phi) is 7.46. The van der Waals surface area contributed by atoms with E-state index in [1.165, 1.54) is 0 Å². The largest absolute Gasteiger partial charge is 0.507 e. The Balaban J connectivity index is 0.00000242. The first-order valence-electron chi connectivity index (χ1n) is 6.27. The van der Waals surface area contributed by atoms with E-state index in [1.807, 2.05) is 24.3 Å². The number of methoxy groups -OCH3 is 1. The SMILES string of the molecule is COc1ccc(NC(N)=NCc2ccc(O)c(Br)c2)cc1.I. The van der Waals surface area contributed by atoms with Gasteiger partial charge >= 0.3 is 0 Å². The molecule has 0 unspecified atom stereocenters. The van der Waals surface area contributed by atoms with Gasteiger partial charge in [0, 0.05) is 5.69 Å². The standard InChI is InChI=1S/C15H16BrN3O2.HI/c1-21-12-5-3-11(4-6-12)19-15(17)18-9-10-2-7-14(20)13(16)8-10;/h2-8,20H,9H2,1H3,(H3,17,18,19);1H. The number of nitrogens with zero attached hydrogens (tertiary/aromatic N) is 1. The Morgan fingerprint density at radius 2 is 1.95 bits per heavy atom. The van der Waals surface area contributed by atoms with Crippen LogP contribution in [0.4, 0.5) is 5.69 Å². The fraction of sp³-hybridized carbons (Fsp3) is 0.133. The first-order valence-corrected chi connectivity index (χ1v) is 7.06. The van der Waals surface area contributed by atoms with Gasteiger partial charge in [-0.2, -0.15) is 0 Å². The number of aliphatic imine (C=N–C) groups is 1. The van der Waals surface area contributed by atoms with Gasteiger partial charge in [0.25, 0.3) is 0 Å². The Labute approximate surface area is 154 Å². The molecule has 0 fully saturated rings. The van der Waals surface area contributed by atoms with E-state index in [1.54, 1.807) is 25.3 Å². The molecule has 2 aromatic carbocycles. The second kappa shape index (κ2) is 8.84. The summed E-state index contributed by atoms with van der Waals surface area (Å²) in [4.78, 5) is 4.25. The molecule has 0 heterocycles. The summed E-state index contributed by atoms with van der Waals surface area (Å²) in [5, 5.41) is 12.4. The number of hydrogen-bond acceptors (Lipinski definition) is 3. The number of benzene rings is 2. The van der Waals surface area contributed by atoms with Crippen molar-refractivity contribution >= 4 is 51.6 Å². The van der Waals surface area contributed by atoms with Gasteiger partial charge in [-0.25, -0.2) is 4.99 Å². The third kappa shape index (κ3) is 5.38. The zero-order valence-electron chi connectivity index (χ0n) is 11.9. The number of rotatable bonds is 4. The molecule has 0 radical (unpaired) electrons. The van der Waals surface area contributed by atoms with Gasteiger partial charge in [-0.15, -0.1) is 24.0 Å². The Hall–Kier alpha value is -1.48. The quantitative estimate of drug-likeness (QED) is 0.356. The monoisotopic (exact) mass is 477 g/mol. The van der Waals surface area contributed by atoms with Gasteiger partial charge in [0.15, 0.2) is 5.96 Å². The fourth-order valence-electron chi connectivity index (χ4n) is 1.69. The molecule has 0 aromatic heterocycles. The van der Waals surface area contributed by atoms with Crippen LogP contribution in [0.15, 0.2) is 51.9 Å². The molecule has 0 saturated carbocycles. The van der Waals surface area contributed by atoms with Gasteiger partial charge in [0.05, 0.1) is 18.1 Å². The highest BCUT2D eigenvalue weighted by Crippen LogP contribution is 2.24. The van der Waals surface area contributed by atoms with Crippen LogP contribution in [0.2, 0.25) is 0 Å². The molecule has 0 aliphatic rings. The highest BCUT2D eigenvalue weighted by molar-refractivity contribution is 14.0. The van der Waals surface area contributed by atoms with Crippen LogP contribution >= 0.6 is 39.9 Å². The van der Waals surface area contributed by atoms with Gasteiger partial charge in [0.2, 0.25) is 0 Å². The second-order valence-corrected chi connectivity index (χ2v) is 5.20. The molecular formula is C15H17BrIN3O2. The van der Waals surface area contributed by atoms with Crippen LogP contribution in [0.3, 0.4) is 0 Å². The number of halogens is 2. The van der Waals surface area contributed by atoms with E-state index in [9.17, 15) is 5.11 Å². The van der Waals surface area contributed by atoms with Gasteiger partial charge in [-0.3, -0.25) is 0 Å². The number of aromatic hydroxyl groups is 1. The molecule has 5 nitrogen and oxygen atoms in total. The minimum atomic E-state index is 0. The summed E-state index contributed by atoms with van der Waals surface area (Å²) in [6, 6.07) is 12.6. The molecule has 7 heteroatoms. The average molecular weight is 478 g/mol. The molecule has 0 bridgehead atoms. The van der Waals surface area contributed by atoms with Crippen molar-refractivity contribution in [3.63, 3.8) is 0 Å². The van der Waals surface area contributed by atoms with E-state index < -0.39 is 0 Å². The van der Waals surface area contributed by atoms with Gasteiger partial charge in [-0.1, -0.05) is 6.07 Å². The number of anilines is 1. The molecule has 2 aromatic rings. The molecule has 0 atom stereocenters. The maximum atomic E-state index is 9.43. The fourth-order valence-corrected chi connectivity index (χ4v) is 2.11. The molecule has 0 aliphatic heterocycles. The van der Waals surface area contributed by atoms with E-state index >= 15 is 0 Å². The molecule has 0 saturated heterocycles. The lowest BCUT2D eigenvalue weighted by molar-refractivity contribution is 0.415. The lowest BCUT2D eigenvalue weighted by Crippen LogP contribution is -2.22. The van der Waals surface area contributed by atoms with Crippen molar-refractivity contribution in [3.8, 4) is 11.5 Å². The van der Waals surface area contributed by atoms with Crippen LogP contribution in [0.5, 0.6) is 11.5 Å². The number of nitrogens with one attached hydrogen (secondary N) is 1. The Bertz CT molecular complexity index is 648. The van der Waals surface area contributed by atoms with E-state index in [0.717, 1.165) is 17.0 Å². The first kappa shape index (κ1) is 18.6. The molecule has 4 N–H and O–H groups in total. The normalized spacial score (nSPS) is 10.7. The maximum absolute atomic E-state index is 9.43. The van der Waals surface area contributed by atoms with Gasteiger partial charge in [0.1, 0.15) is 11.5 Å². The topological polar surface area (TPSA) is 79.9 Å². The second-order valence-electron chi connectivity index (χ2n) is 4.34. The zero-order valence-corrected chi connectivity index (χ0v) is 15.8. The minimum Gasteiger partial charge on any atom is -0.507 e. The van der Waals surface area contributed by atoms with E-state index in [-0.39, 0.29) is 29.7 Å². The highest BCUT2D eigenvalue weighted by Gasteiger charge is 2.00. The Morgan fingerprint density at radius 3 is 2.55 bits per heavy atom. The van der Waals surface area contributed by atoms with Crippen molar-refractivity contribution in [1.29, 1.82) is 0 Å². The summed E-state index contributed by atoms with van der Waals surface area (Å²) in [6.45, 7) is 0.424. The number of guanidine groups is 1. The number of nitrogens with two attached hydrogens (primary N) is 1. The summed E-state index contributed by atoms with van der Waals surface area (Å²) in [5.74, 6) is 1.31. The average Bonchev–Trinajstić information content (AvgIpc) is 2.49. The number of hydrogen-bond donors (Lipinski definition) is 3. The molecule has 0 aliphatic carbocycles. The van der Waals surface area contributed by atoms with Crippen molar-refractivity contribution in [2.45, 2.75) is 6.54 Å². The van der Waals surface area contributed by atoms with Crippen molar-refractivity contribution < 1.29 is 9.84 Å². The number of phenolic OH excluding ortho intramolecular Hbond substituents is 1. The third-order valence-corrected chi connectivity index (χ3v) is 3.44. The van der Waals surface area contributed by atoms with Crippen LogP contribution in [0.1, 0.15) is 5.56 Å². The predicted octanol–water partition coefficient (Wildman–Crippen LogP) is 3.71. The van der Waals surface area contributed by atoms with Gasteiger partial charge < -0.3 is 20.9 Å². The molecule has 2 rings (SSSR count). The lowest BCUT2D eigenvalue weighted by Gasteiger charge is -2.07. The highest BCUT2D eigenvalue weighted by atomic mass is 127. The van der Waals surface area contributed by atoms with E-state index in [4.69, 9.17) is 10.5 Å². The number of ether oxygens (including phenoxy) is 1. The van der Waals surface area contributed by atoms with E-state index in [0.29, 0.717) is 17.0 Å². The van der Waals surface area contributed by atoms with Gasteiger partial charge in [-0.05, 0) is 57.9 Å². The van der Waals surface area contributed by atoms with Crippen molar-refractivity contribution in [2.24, 2.45) is 10.7 Å². The Morgan fingerprint density at radius 1 is 1.27 bits per heavy atom. The lowest BCUT2D eigenvalue weighted by atomic mass is 10.2. The predicted molar refractivity (Wildman–Crippen MR) is 103 cm³/mol. The van der Waals surface area contributed by atoms with Crippen molar-refractivity contribution in [1.82, 2.24) is 0 Å². The van der Waals surface area contributed by atoms with Crippen LogP contribution < -0.4 is 15.8 Å². The van der Waals surface area contributed by atoms with Crippen LogP contribution in [-0.2, 0) is 6.54 Å². The van der Waals surface area contributed by atoms with Crippen molar-refractivity contribution in [2.75, 3.05) is 12.4 Å². The van der Waals surface area contributed by atoms with Crippen LogP contribution in [-0.4, -0.2) is 18.2 Å². The number of phenols is 1. The molecule has 0 spiro atoms. The van der Waals surface area contributed by atoms with Crippen molar-refractivity contribution in [3.05, 3.63) is 52.5 Å². The minimum absolute atomic E-state index is 0. The first-order chi connectivity index (χ1) is 10.1. The molecule has 0 amide bonds. The van der Waals surface area contributed by atoms with Crippen LogP contribution in [0, 0.1) is 0 Å². The molecule has 118 valence electrons. The zero-order chi connectivity index (χ0) is 15.2. The molecule has 22 heavy (non-hydrogen) atoms. The van der Waals surface area contributed by atoms with Crippen LogP contribution in [0.25, 0.3) is 0 Å². The van der Waals surface area contributed by atoms with E-state index in [2.05, 4.69) is 26.2 Å².